The lowest BCUT2D eigenvalue weighted by Crippen LogP contribution is -2.47. The maximum atomic E-state index is 11.7. The van der Waals surface area contributed by atoms with E-state index in [0.29, 0.717) is 6.54 Å². The summed E-state index contributed by atoms with van der Waals surface area (Å²) < 4.78 is 0. The number of hydrogen-bond donors (Lipinski definition) is 3. The van der Waals surface area contributed by atoms with Gasteiger partial charge < -0.3 is 16.4 Å². The molecule has 5 heteroatoms. The zero-order valence-corrected chi connectivity index (χ0v) is 13.9. The van der Waals surface area contributed by atoms with Crippen LogP contribution >= 0.6 is 0 Å². The van der Waals surface area contributed by atoms with Gasteiger partial charge in [0.25, 0.3) is 0 Å². The molecule has 1 aromatic rings. The van der Waals surface area contributed by atoms with E-state index in [1.807, 2.05) is 13.8 Å². The Morgan fingerprint density at radius 1 is 1.09 bits per heavy atom. The molecular weight excluding hydrogens is 278 g/mol. The molecule has 2 amide bonds. The highest BCUT2D eigenvalue weighted by atomic mass is 16.2. The first-order valence-electron chi connectivity index (χ1n) is 7.66. The second-order valence-electron chi connectivity index (χ2n) is 6.08. The van der Waals surface area contributed by atoms with Crippen molar-refractivity contribution in [1.82, 2.24) is 10.6 Å². The quantitative estimate of drug-likeness (QED) is 0.704. The van der Waals surface area contributed by atoms with Crippen molar-refractivity contribution in [2.24, 2.45) is 11.7 Å². The van der Waals surface area contributed by atoms with Crippen molar-refractivity contribution in [3.8, 4) is 0 Å². The van der Waals surface area contributed by atoms with Crippen LogP contribution in [0.25, 0.3) is 0 Å². The number of carbonyl (C=O) groups excluding carboxylic acids is 2. The first kappa shape index (κ1) is 18.2. The molecule has 0 heterocycles. The third-order valence-electron chi connectivity index (χ3n) is 3.46. The second kappa shape index (κ2) is 8.54. The number of nitrogens with two attached hydrogens (primary N) is 1. The van der Waals surface area contributed by atoms with Crippen molar-refractivity contribution in [3.63, 3.8) is 0 Å². The lowest BCUT2D eigenvalue weighted by Gasteiger charge is -2.15. The minimum atomic E-state index is -0.580. The molecule has 0 aliphatic heterocycles. The average molecular weight is 305 g/mol. The fourth-order valence-electron chi connectivity index (χ4n) is 2.21. The first-order chi connectivity index (χ1) is 10.3. The number of aryl methyl sites for hydroxylation is 2. The lowest BCUT2D eigenvalue weighted by atomic mass is 10.1. The molecule has 0 unspecified atom stereocenters. The number of hydrogen-bond acceptors (Lipinski definition) is 3. The molecule has 4 N–H and O–H groups in total. The van der Waals surface area contributed by atoms with Crippen molar-refractivity contribution in [3.05, 3.63) is 34.9 Å². The summed E-state index contributed by atoms with van der Waals surface area (Å²) in [7, 11) is 0. The normalized spacial score (nSPS) is 12.1. The van der Waals surface area contributed by atoms with Crippen LogP contribution in [-0.2, 0) is 16.0 Å². The molecule has 1 rings (SSSR count). The van der Waals surface area contributed by atoms with E-state index in [0.717, 1.165) is 6.42 Å². The number of amides is 2. The van der Waals surface area contributed by atoms with Gasteiger partial charge in [-0.1, -0.05) is 43.2 Å². The smallest absolute Gasteiger partial charge is 0.239 e. The molecule has 0 saturated carbocycles. The summed E-state index contributed by atoms with van der Waals surface area (Å²) in [4.78, 5) is 23.3. The van der Waals surface area contributed by atoms with Gasteiger partial charge in [-0.15, -0.1) is 0 Å². The third kappa shape index (κ3) is 6.26. The van der Waals surface area contributed by atoms with Crippen LogP contribution in [0.1, 0.15) is 30.5 Å². The predicted molar refractivity (Wildman–Crippen MR) is 88.5 cm³/mol. The molecule has 0 aromatic heterocycles. The number of benzene rings is 1. The summed E-state index contributed by atoms with van der Waals surface area (Å²) in [5, 5.41) is 5.35. The largest absolute Gasteiger partial charge is 0.354 e. The summed E-state index contributed by atoms with van der Waals surface area (Å²) in [5.74, 6) is -0.444. The zero-order chi connectivity index (χ0) is 16.7. The lowest BCUT2D eigenvalue weighted by molar-refractivity contribution is -0.127. The monoisotopic (exact) mass is 305 g/mol. The molecule has 0 bridgehead atoms. The van der Waals surface area contributed by atoms with Gasteiger partial charge in [0.2, 0.25) is 11.8 Å². The van der Waals surface area contributed by atoms with Crippen LogP contribution in [0.4, 0.5) is 0 Å². The van der Waals surface area contributed by atoms with Crippen LogP contribution in [0.15, 0.2) is 18.2 Å². The Hall–Kier alpha value is -1.88. The van der Waals surface area contributed by atoms with Gasteiger partial charge in [-0.3, -0.25) is 9.59 Å². The fraction of sp³-hybridized carbons (Fsp3) is 0.529. The van der Waals surface area contributed by atoms with Gasteiger partial charge in [-0.05, 0) is 31.7 Å². The Kier molecular flexibility index (Phi) is 7.05. The molecule has 0 spiro atoms. The van der Waals surface area contributed by atoms with E-state index in [-0.39, 0.29) is 24.3 Å². The van der Waals surface area contributed by atoms with Crippen LogP contribution in [0.5, 0.6) is 0 Å². The van der Waals surface area contributed by atoms with Crippen molar-refractivity contribution in [2.75, 3.05) is 13.1 Å². The highest BCUT2D eigenvalue weighted by Crippen LogP contribution is 2.08. The molecule has 0 fully saturated rings. The van der Waals surface area contributed by atoms with E-state index < -0.39 is 6.04 Å². The molecular formula is C17H27N3O2. The molecule has 0 aliphatic rings. The molecule has 122 valence electrons. The topological polar surface area (TPSA) is 84.2 Å². The molecule has 0 aliphatic carbocycles. The maximum absolute atomic E-state index is 11.7. The van der Waals surface area contributed by atoms with Gasteiger partial charge >= 0.3 is 0 Å². The minimum absolute atomic E-state index is 0.0356. The van der Waals surface area contributed by atoms with Crippen LogP contribution < -0.4 is 16.4 Å². The van der Waals surface area contributed by atoms with E-state index in [2.05, 4.69) is 42.7 Å². The van der Waals surface area contributed by atoms with Crippen LogP contribution in [-0.4, -0.2) is 30.9 Å². The molecule has 1 aromatic carbocycles. The summed E-state index contributed by atoms with van der Waals surface area (Å²) in [6, 6.07) is 5.77. The number of nitrogens with one attached hydrogen (secondary N) is 2. The van der Waals surface area contributed by atoms with Gasteiger partial charge in [-0.25, -0.2) is 0 Å². The fourth-order valence-corrected chi connectivity index (χ4v) is 2.21. The maximum Gasteiger partial charge on any atom is 0.239 e. The Bertz CT molecular complexity index is 506. The van der Waals surface area contributed by atoms with Gasteiger partial charge in [0.15, 0.2) is 0 Å². The summed E-state index contributed by atoms with van der Waals surface area (Å²) in [6.45, 7) is 8.37. The molecule has 1 atom stereocenters. The van der Waals surface area contributed by atoms with Gasteiger partial charge in [0, 0.05) is 6.54 Å². The highest BCUT2D eigenvalue weighted by molar-refractivity contribution is 5.87. The van der Waals surface area contributed by atoms with Crippen molar-refractivity contribution in [1.29, 1.82) is 0 Å². The summed E-state index contributed by atoms with van der Waals surface area (Å²) in [5.41, 5.74) is 9.34. The average Bonchev–Trinajstić information content (AvgIpc) is 2.42. The standard InChI is InChI=1S/C17H27N3O2/c1-11(2)16(18)17(22)20-10-15(21)19-6-5-14-8-12(3)7-13(4)9-14/h7-9,11,16H,5-6,10,18H2,1-4H3,(H,19,21)(H,20,22)/t16-/m0/s1. The van der Waals surface area contributed by atoms with Gasteiger partial charge in [0.05, 0.1) is 12.6 Å². The zero-order valence-electron chi connectivity index (χ0n) is 13.9. The first-order valence-corrected chi connectivity index (χ1v) is 7.66. The SMILES string of the molecule is Cc1cc(C)cc(CCNC(=O)CNC(=O)[C@@H](N)C(C)C)c1. The Morgan fingerprint density at radius 2 is 1.68 bits per heavy atom. The van der Waals surface area contributed by atoms with Crippen molar-refractivity contribution in [2.45, 2.75) is 40.2 Å². The van der Waals surface area contributed by atoms with E-state index in [4.69, 9.17) is 5.73 Å². The summed E-state index contributed by atoms with van der Waals surface area (Å²) in [6.07, 6.45) is 0.772. The van der Waals surface area contributed by atoms with Crippen LogP contribution in [0, 0.1) is 19.8 Å². The van der Waals surface area contributed by atoms with E-state index in [1.54, 1.807) is 0 Å². The number of carbonyl (C=O) groups is 2. The second-order valence-corrected chi connectivity index (χ2v) is 6.08. The highest BCUT2D eigenvalue weighted by Gasteiger charge is 2.17. The minimum Gasteiger partial charge on any atom is -0.354 e. The Labute approximate surface area is 132 Å². The Balaban J connectivity index is 2.30. The number of rotatable bonds is 7. The van der Waals surface area contributed by atoms with E-state index in [9.17, 15) is 9.59 Å². The molecule has 0 radical (unpaired) electrons. The molecule has 22 heavy (non-hydrogen) atoms. The van der Waals surface area contributed by atoms with E-state index in [1.165, 1.54) is 16.7 Å². The van der Waals surface area contributed by atoms with Crippen molar-refractivity contribution >= 4 is 11.8 Å². The predicted octanol–water partition coefficient (Wildman–Crippen LogP) is 1.06. The van der Waals surface area contributed by atoms with Gasteiger partial charge in [-0.2, -0.15) is 0 Å². The Morgan fingerprint density at radius 3 is 2.23 bits per heavy atom. The van der Waals surface area contributed by atoms with Gasteiger partial charge in [0.1, 0.15) is 0 Å². The molecule has 5 nitrogen and oxygen atoms in total. The van der Waals surface area contributed by atoms with Crippen LogP contribution in [0.2, 0.25) is 0 Å². The van der Waals surface area contributed by atoms with Crippen LogP contribution in [0.3, 0.4) is 0 Å². The van der Waals surface area contributed by atoms with Crippen molar-refractivity contribution < 1.29 is 9.59 Å². The third-order valence-corrected chi connectivity index (χ3v) is 3.46. The molecule has 0 saturated heterocycles. The summed E-state index contributed by atoms with van der Waals surface area (Å²) >= 11 is 0. The van der Waals surface area contributed by atoms with E-state index >= 15 is 0 Å².